The van der Waals surface area contributed by atoms with Crippen molar-refractivity contribution in [3.8, 4) is 0 Å². The number of ether oxygens (including phenoxy) is 1. The molecule has 1 heterocycles. The van der Waals surface area contributed by atoms with E-state index in [0.717, 1.165) is 0 Å². The summed E-state index contributed by atoms with van der Waals surface area (Å²) in [6.45, 7) is 0.787. The molecule has 130 valence electrons. The molecule has 7 heteroatoms. The summed E-state index contributed by atoms with van der Waals surface area (Å²) < 4.78 is 18.5. The first-order chi connectivity index (χ1) is 12.1. The number of hydrogen-bond acceptors (Lipinski definition) is 4. The second kappa shape index (κ2) is 8.02. The van der Waals surface area contributed by atoms with Gasteiger partial charge in [0.05, 0.1) is 17.9 Å². The second-order valence-corrected chi connectivity index (χ2v) is 6.50. The van der Waals surface area contributed by atoms with Crippen LogP contribution in [-0.4, -0.2) is 30.9 Å². The number of anilines is 2. The molecule has 0 unspecified atom stereocenters. The van der Waals surface area contributed by atoms with Gasteiger partial charge in [0.2, 0.25) is 5.91 Å². The molecule has 1 aliphatic rings. The second-order valence-electron chi connectivity index (χ2n) is 5.36. The molecule has 25 heavy (non-hydrogen) atoms. The van der Waals surface area contributed by atoms with Crippen molar-refractivity contribution in [1.82, 2.24) is 0 Å². The SMILES string of the molecule is O=C(CCSc1ccccc1F)Nc1ccccc1N1CCOC1=O. The van der Waals surface area contributed by atoms with Crippen LogP contribution in [0.15, 0.2) is 53.4 Å². The van der Waals surface area contributed by atoms with Gasteiger partial charge < -0.3 is 10.1 Å². The largest absolute Gasteiger partial charge is 0.447 e. The number of amides is 2. The molecule has 3 rings (SSSR count). The van der Waals surface area contributed by atoms with Gasteiger partial charge >= 0.3 is 6.09 Å². The van der Waals surface area contributed by atoms with Crippen LogP contribution in [0.5, 0.6) is 0 Å². The van der Waals surface area contributed by atoms with Crippen LogP contribution in [0.2, 0.25) is 0 Å². The van der Waals surface area contributed by atoms with Gasteiger partial charge in [-0.05, 0) is 24.3 Å². The molecule has 0 aliphatic carbocycles. The van der Waals surface area contributed by atoms with Crippen LogP contribution >= 0.6 is 11.8 Å². The fraction of sp³-hybridized carbons (Fsp3) is 0.222. The minimum Gasteiger partial charge on any atom is -0.447 e. The number of cyclic esters (lactones) is 1. The van der Waals surface area contributed by atoms with Gasteiger partial charge in [-0.1, -0.05) is 24.3 Å². The van der Waals surface area contributed by atoms with Gasteiger partial charge in [-0.2, -0.15) is 0 Å². The van der Waals surface area contributed by atoms with Crippen LogP contribution < -0.4 is 10.2 Å². The molecule has 0 spiro atoms. The molecule has 0 aromatic heterocycles. The first-order valence-corrected chi connectivity index (χ1v) is 8.84. The van der Waals surface area contributed by atoms with Crippen molar-refractivity contribution in [2.24, 2.45) is 0 Å². The van der Waals surface area contributed by atoms with Crippen LogP contribution in [0, 0.1) is 5.82 Å². The number of carbonyl (C=O) groups excluding carboxylic acids is 2. The van der Waals surface area contributed by atoms with E-state index in [9.17, 15) is 14.0 Å². The summed E-state index contributed by atoms with van der Waals surface area (Å²) in [6, 6.07) is 13.6. The van der Waals surface area contributed by atoms with Crippen molar-refractivity contribution < 1.29 is 18.7 Å². The molecule has 0 saturated carbocycles. The quantitative estimate of drug-likeness (QED) is 0.794. The van der Waals surface area contributed by atoms with Gasteiger partial charge in [0, 0.05) is 17.1 Å². The van der Waals surface area contributed by atoms with E-state index < -0.39 is 6.09 Å². The highest BCUT2D eigenvalue weighted by Crippen LogP contribution is 2.28. The Morgan fingerprint density at radius 1 is 1.20 bits per heavy atom. The number of nitrogens with one attached hydrogen (secondary N) is 1. The number of halogens is 1. The molecule has 1 aliphatic heterocycles. The number of nitrogens with zero attached hydrogens (tertiary/aromatic N) is 1. The zero-order chi connectivity index (χ0) is 17.6. The van der Waals surface area contributed by atoms with Crippen LogP contribution in [0.1, 0.15) is 6.42 Å². The summed E-state index contributed by atoms with van der Waals surface area (Å²) in [5.74, 6) is -0.0182. The van der Waals surface area contributed by atoms with Crippen LogP contribution in [-0.2, 0) is 9.53 Å². The monoisotopic (exact) mass is 360 g/mol. The number of para-hydroxylation sites is 2. The molecule has 1 fully saturated rings. The van der Waals surface area contributed by atoms with E-state index in [4.69, 9.17) is 4.74 Å². The van der Waals surface area contributed by atoms with Crippen LogP contribution in [0.4, 0.5) is 20.6 Å². The number of thioether (sulfide) groups is 1. The Labute approximate surface area is 149 Å². The molecule has 1 N–H and O–H groups in total. The fourth-order valence-corrected chi connectivity index (χ4v) is 3.34. The molecule has 1 saturated heterocycles. The van der Waals surface area contributed by atoms with Crippen LogP contribution in [0.25, 0.3) is 0 Å². The summed E-state index contributed by atoms with van der Waals surface area (Å²) in [5, 5.41) is 2.81. The van der Waals surface area contributed by atoms with Crippen molar-refractivity contribution in [1.29, 1.82) is 0 Å². The Morgan fingerprint density at radius 2 is 1.96 bits per heavy atom. The maximum atomic E-state index is 13.6. The summed E-state index contributed by atoms with van der Waals surface area (Å²) in [6.07, 6.45) is -0.186. The summed E-state index contributed by atoms with van der Waals surface area (Å²) >= 11 is 1.30. The third kappa shape index (κ3) is 4.30. The zero-order valence-corrected chi connectivity index (χ0v) is 14.2. The van der Waals surface area contributed by atoms with E-state index >= 15 is 0 Å². The maximum absolute atomic E-state index is 13.6. The zero-order valence-electron chi connectivity index (χ0n) is 13.4. The summed E-state index contributed by atoms with van der Waals surface area (Å²) in [7, 11) is 0. The standard InChI is InChI=1S/C18H17FN2O3S/c19-13-5-1-4-8-16(13)25-12-9-17(22)20-14-6-2-3-7-15(14)21-10-11-24-18(21)23/h1-8H,9-12H2,(H,20,22). The Bertz CT molecular complexity index is 784. The van der Waals surface area contributed by atoms with E-state index in [1.807, 2.05) is 0 Å². The highest BCUT2D eigenvalue weighted by atomic mass is 32.2. The molecule has 2 aromatic rings. The third-order valence-electron chi connectivity index (χ3n) is 3.65. The van der Waals surface area contributed by atoms with Gasteiger partial charge in [0.25, 0.3) is 0 Å². The van der Waals surface area contributed by atoms with E-state index in [-0.39, 0.29) is 18.1 Å². The van der Waals surface area contributed by atoms with Gasteiger partial charge in [0.1, 0.15) is 12.4 Å². The number of carbonyl (C=O) groups is 2. The Hall–Kier alpha value is -2.54. The average Bonchev–Trinajstić information content (AvgIpc) is 3.03. The number of hydrogen-bond donors (Lipinski definition) is 1. The minimum absolute atomic E-state index is 0.191. The van der Waals surface area contributed by atoms with Crippen molar-refractivity contribution in [3.63, 3.8) is 0 Å². The lowest BCUT2D eigenvalue weighted by molar-refractivity contribution is -0.115. The molecule has 2 aromatic carbocycles. The first kappa shape index (κ1) is 17.3. The molecular weight excluding hydrogens is 343 g/mol. The minimum atomic E-state index is -0.420. The number of benzene rings is 2. The molecule has 0 bridgehead atoms. The number of rotatable bonds is 6. The van der Waals surface area contributed by atoms with Crippen LogP contribution in [0.3, 0.4) is 0 Å². The first-order valence-electron chi connectivity index (χ1n) is 7.85. The maximum Gasteiger partial charge on any atom is 0.414 e. The van der Waals surface area contributed by atoms with Gasteiger partial charge in [-0.15, -0.1) is 11.8 Å². The normalized spacial score (nSPS) is 13.6. The van der Waals surface area contributed by atoms with Gasteiger partial charge in [-0.3, -0.25) is 9.69 Å². The Kier molecular flexibility index (Phi) is 5.55. The lowest BCUT2D eigenvalue weighted by atomic mass is 10.2. The predicted octanol–water partition coefficient (Wildman–Crippen LogP) is 3.90. The highest BCUT2D eigenvalue weighted by Gasteiger charge is 2.25. The molecular formula is C18H17FN2O3S. The lowest BCUT2D eigenvalue weighted by Crippen LogP contribution is -2.25. The average molecular weight is 360 g/mol. The van der Waals surface area contributed by atoms with E-state index in [1.54, 1.807) is 42.5 Å². The van der Waals surface area contributed by atoms with Crippen molar-refractivity contribution >= 4 is 35.1 Å². The van der Waals surface area contributed by atoms with Crippen molar-refractivity contribution in [3.05, 3.63) is 54.3 Å². The summed E-state index contributed by atoms with van der Waals surface area (Å²) in [4.78, 5) is 25.9. The Balaban J connectivity index is 1.58. The molecule has 2 amide bonds. The molecule has 5 nitrogen and oxygen atoms in total. The van der Waals surface area contributed by atoms with E-state index in [0.29, 0.717) is 35.2 Å². The van der Waals surface area contributed by atoms with Gasteiger partial charge in [0.15, 0.2) is 0 Å². The van der Waals surface area contributed by atoms with Crippen molar-refractivity contribution in [2.75, 3.05) is 29.1 Å². The molecule has 0 atom stereocenters. The highest BCUT2D eigenvalue weighted by molar-refractivity contribution is 7.99. The smallest absolute Gasteiger partial charge is 0.414 e. The lowest BCUT2D eigenvalue weighted by Gasteiger charge is -2.17. The van der Waals surface area contributed by atoms with E-state index in [1.165, 1.54) is 22.7 Å². The molecule has 0 radical (unpaired) electrons. The van der Waals surface area contributed by atoms with Gasteiger partial charge in [-0.25, -0.2) is 9.18 Å². The predicted molar refractivity (Wildman–Crippen MR) is 95.5 cm³/mol. The van der Waals surface area contributed by atoms with Crippen molar-refractivity contribution in [2.45, 2.75) is 11.3 Å². The Morgan fingerprint density at radius 3 is 2.72 bits per heavy atom. The van der Waals surface area contributed by atoms with E-state index in [2.05, 4.69) is 5.32 Å². The topological polar surface area (TPSA) is 58.6 Å². The fourth-order valence-electron chi connectivity index (χ4n) is 2.46. The third-order valence-corrected chi connectivity index (χ3v) is 4.70. The summed E-state index contributed by atoms with van der Waals surface area (Å²) in [5.41, 5.74) is 1.17.